The Morgan fingerprint density at radius 2 is 2.11 bits per heavy atom. The normalized spacial score (nSPS) is 18.3. The number of amides is 1. The van der Waals surface area contributed by atoms with Gasteiger partial charge in [0.15, 0.2) is 0 Å². The number of ether oxygens (including phenoxy) is 1. The van der Waals surface area contributed by atoms with E-state index in [2.05, 4.69) is 0 Å². The van der Waals surface area contributed by atoms with Crippen LogP contribution in [-0.4, -0.2) is 53.8 Å². The molecule has 1 heterocycles. The van der Waals surface area contributed by atoms with Crippen LogP contribution in [0.15, 0.2) is 0 Å². The lowest BCUT2D eigenvalue weighted by molar-refractivity contribution is -0.142. The standard InChI is InChI=1S/C12H22N2O3S/c1-2-14(6-3-7-15)11(16)12(10(13)18)4-8-17-9-5-12/h15H,2-9H2,1H3,(H2,13,18). The Morgan fingerprint density at radius 3 is 2.56 bits per heavy atom. The molecule has 0 atom stereocenters. The molecule has 1 aliphatic rings. The Labute approximate surface area is 113 Å². The number of nitrogens with two attached hydrogens (primary N) is 1. The predicted molar refractivity (Wildman–Crippen MR) is 73.2 cm³/mol. The van der Waals surface area contributed by atoms with Crippen molar-refractivity contribution < 1.29 is 14.6 Å². The molecule has 0 aromatic carbocycles. The molecule has 0 saturated carbocycles. The van der Waals surface area contributed by atoms with E-state index in [1.54, 1.807) is 4.90 Å². The maximum atomic E-state index is 12.6. The fourth-order valence-corrected chi connectivity index (χ4v) is 2.54. The Kier molecular flexibility index (Phi) is 5.98. The van der Waals surface area contributed by atoms with Crippen LogP contribution in [0.25, 0.3) is 0 Å². The zero-order chi connectivity index (χ0) is 13.6. The Hall–Kier alpha value is -0.720. The summed E-state index contributed by atoms with van der Waals surface area (Å²) < 4.78 is 5.29. The topological polar surface area (TPSA) is 75.8 Å². The second-order valence-electron chi connectivity index (χ2n) is 4.52. The van der Waals surface area contributed by atoms with Gasteiger partial charge in [-0.3, -0.25) is 4.79 Å². The molecular formula is C12H22N2O3S. The minimum atomic E-state index is -0.751. The van der Waals surface area contributed by atoms with Crippen molar-refractivity contribution in [1.29, 1.82) is 0 Å². The highest BCUT2D eigenvalue weighted by atomic mass is 32.1. The van der Waals surface area contributed by atoms with Crippen LogP contribution < -0.4 is 5.73 Å². The molecule has 0 spiro atoms. The van der Waals surface area contributed by atoms with Gasteiger partial charge in [-0.2, -0.15) is 0 Å². The number of rotatable bonds is 6. The summed E-state index contributed by atoms with van der Waals surface area (Å²) in [5.74, 6) is -0.0192. The molecule has 18 heavy (non-hydrogen) atoms. The average Bonchev–Trinajstić information content (AvgIpc) is 2.40. The van der Waals surface area contributed by atoms with Crippen LogP contribution in [-0.2, 0) is 9.53 Å². The Balaban J connectivity index is 2.83. The maximum Gasteiger partial charge on any atom is 0.235 e. The van der Waals surface area contributed by atoms with Crippen molar-refractivity contribution in [3.05, 3.63) is 0 Å². The largest absolute Gasteiger partial charge is 0.396 e. The molecule has 1 aliphatic heterocycles. The maximum absolute atomic E-state index is 12.6. The number of carbonyl (C=O) groups is 1. The molecule has 1 fully saturated rings. The number of aliphatic hydroxyl groups is 1. The quantitative estimate of drug-likeness (QED) is 0.681. The molecule has 0 aliphatic carbocycles. The van der Waals surface area contributed by atoms with Gasteiger partial charge >= 0.3 is 0 Å². The first-order valence-corrected chi connectivity index (χ1v) is 6.77. The first kappa shape index (κ1) is 15.3. The monoisotopic (exact) mass is 274 g/mol. The molecule has 1 rings (SSSR count). The van der Waals surface area contributed by atoms with E-state index in [0.29, 0.717) is 45.6 Å². The lowest BCUT2D eigenvalue weighted by Gasteiger charge is -2.38. The number of hydrogen-bond donors (Lipinski definition) is 2. The lowest BCUT2D eigenvalue weighted by Crippen LogP contribution is -2.53. The summed E-state index contributed by atoms with van der Waals surface area (Å²) in [6.45, 7) is 4.16. The van der Waals surface area contributed by atoms with Gasteiger partial charge in [0.2, 0.25) is 5.91 Å². The summed E-state index contributed by atoms with van der Waals surface area (Å²) in [7, 11) is 0. The first-order chi connectivity index (χ1) is 8.58. The zero-order valence-electron chi connectivity index (χ0n) is 10.9. The van der Waals surface area contributed by atoms with Crippen LogP contribution in [0.1, 0.15) is 26.2 Å². The molecule has 6 heteroatoms. The van der Waals surface area contributed by atoms with Gasteiger partial charge < -0.3 is 20.5 Å². The van der Waals surface area contributed by atoms with E-state index < -0.39 is 5.41 Å². The second kappa shape index (κ2) is 7.01. The summed E-state index contributed by atoms with van der Waals surface area (Å²) in [6.07, 6.45) is 1.68. The number of thiocarbonyl (C=S) groups is 1. The van der Waals surface area contributed by atoms with Gasteiger partial charge in [0.05, 0.1) is 4.99 Å². The van der Waals surface area contributed by atoms with E-state index in [1.165, 1.54) is 0 Å². The molecule has 3 N–H and O–H groups in total. The van der Waals surface area contributed by atoms with Gasteiger partial charge in [-0.05, 0) is 26.2 Å². The molecule has 0 unspecified atom stereocenters. The molecule has 0 aromatic rings. The van der Waals surface area contributed by atoms with Crippen LogP contribution in [0.4, 0.5) is 0 Å². The summed E-state index contributed by atoms with van der Waals surface area (Å²) in [6, 6.07) is 0. The highest BCUT2D eigenvalue weighted by Gasteiger charge is 2.44. The number of nitrogens with zero attached hydrogens (tertiary/aromatic N) is 1. The zero-order valence-corrected chi connectivity index (χ0v) is 11.7. The van der Waals surface area contributed by atoms with Crippen LogP contribution in [0.2, 0.25) is 0 Å². The van der Waals surface area contributed by atoms with E-state index in [9.17, 15) is 4.79 Å². The highest BCUT2D eigenvalue weighted by molar-refractivity contribution is 7.80. The van der Waals surface area contributed by atoms with Crippen molar-refractivity contribution in [2.24, 2.45) is 11.1 Å². The van der Waals surface area contributed by atoms with Crippen molar-refractivity contribution in [2.75, 3.05) is 32.9 Å². The SMILES string of the molecule is CCN(CCCO)C(=O)C1(C(N)=S)CCOCC1. The van der Waals surface area contributed by atoms with Gasteiger partial charge in [0, 0.05) is 32.9 Å². The van der Waals surface area contributed by atoms with E-state index in [1.807, 2.05) is 6.92 Å². The molecule has 0 aromatic heterocycles. The summed E-state index contributed by atoms with van der Waals surface area (Å²) >= 11 is 5.11. The minimum Gasteiger partial charge on any atom is -0.396 e. The minimum absolute atomic E-state index is 0.0192. The molecule has 1 saturated heterocycles. The van der Waals surface area contributed by atoms with E-state index in [0.717, 1.165) is 0 Å². The van der Waals surface area contributed by atoms with Crippen molar-refractivity contribution >= 4 is 23.1 Å². The summed E-state index contributed by atoms with van der Waals surface area (Å²) in [4.78, 5) is 14.6. The first-order valence-electron chi connectivity index (χ1n) is 6.36. The summed E-state index contributed by atoms with van der Waals surface area (Å²) in [5.41, 5.74) is 5.05. The molecule has 5 nitrogen and oxygen atoms in total. The van der Waals surface area contributed by atoms with E-state index >= 15 is 0 Å². The second-order valence-corrected chi connectivity index (χ2v) is 4.96. The van der Waals surface area contributed by atoms with Gasteiger partial charge in [-0.1, -0.05) is 12.2 Å². The fourth-order valence-electron chi connectivity index (χ4n) is 2.25. The van der Waals surface area contributed by atoms with Crippen LogP contribution in [0.3, 0.4) is 0 Å². The fraction of sp³-hybridized carbons (Fsp3) is 0.833. The number of hydrogen-bond acceptors (Lipinski definition) is 4. The van der Waals surface area contributed by atoms with Crippen LogP contribution >= 0.6 is 12.2 Å². The third kappa shape index (κ3) is 3.18. The van der Waals surface area contributed by atoms with E-state index in [-0.39, 0.29) is 17.5 Å². The van der Waals surface area contributed by atoms with Crippen LogP contribution in [0, 0.1) is 5.41 Å². The van der Waals surface area contributed by atoms with Crippen LogP contribution in [0.5, 0.6) is 0 Å². The van der Waals surface area contributed by atoms with Gasteiger partial charge in [0.1, 0.15) is 5.41 Å². The van der Waals surface area contributed by atoms with E-state index in [4.69, 9.17) is 27.8 Å². The molecule has 104 valence electrons. The van der Waals surface area contributed by atoms with Crippen molar-refractivity contribution in [2.45, 2.75) is 26.2 Å². The van der Waals surface area contributed by atoms with Crippen molar-refractivity contribution in [3.63, 3.8) is 0 Å². The lowest BCUT2D eigenvalue weighted by atomic mass is 9.78. The van der Waals surface area contributed by atoms with Gasteiger partial charge in [-0.25, -0.2) is 0 Å². The molecule has 0 bridgehead atoms. The van der Waals surface area contributed by atoms with Gasteiger partial charge in [0.25, 0.3) is 0 Å². The Bertz CT molecular complexity index is 304. The van der Waals surface area contributed by atoms with Gasteiger partial charge in [-0.15, -0.1) is 0 Å². The third-order valence-corrected chi connectivity index (χ3v) is 3.87. The summed E-state index contributed by atoms with van der Waals surface area (Å²) in [5, 5.41) is 8.87. The predicted octanol–water partition coefficient (Wildman–Crippen LogP) is 0.300. The third-order valence-electron chi connectivity index (χ3n) is 3.48. The average molecular weight is 274 g/mol. The molecular weight excluding hydrogens is 252 g/mol. The molecule has 0 radical (unpaired) electrons. The smallest absolute Gasteiger partial charge is 0.235 e. The number of aliphatic hydroxyl groups excluding tert-OH is 1. The Morgan fingerprint density at radius 1 is 1.50 bits per heavy atom. The number of carbonyl (C=O) groups excluding carboxylic acids is 1. The molecule has 1 amide bonds. The highest BCUT2D eigenvalue weighted by Crippen LogP contribution is 2.33. The van der Waals surface area contributed by atoms with Crippen molar-refractivity contribution in [3.8, 4) is 0 Å². The van der Waals surface area contributed by atoms with Crippen molar-refractivity contribution in [1.82, 2.24) is 4.90 Å².